The van der Waals surface area contributed by atoms with E-state index in [9.17, 15) is 0 Å². The van der Waals surface area contributed by atoms with Gasteiger partial charge in [-0.1, -0.05) is 0 Å². The first-order chi connectivity index (χ1) is 9.33. The Labute approximate surface area is 115 Å². The summed E-state index contributed by atoms with van der Waals surface area (Å²) in [5, 5.41) is 0. The Balaban J connectivity index is 1.49. The molecule has 0 spiro atoms. The summed E-state index contributed by atoms with van der Waals surface area (Å²) < 4.78 is 0. The minimum Gasteiger partial charge on any atom is -0.353 e. The van der Waals surface area contributed by atoms with Crippen LogP contribution in [0.2, 0.25) is 0 Å². The van der Waals surface area contributed by atoms with E-state index in [1.807, 2.05) is 6.20 Å². The predicted molar refractivity (Wildman–Crippen MR) is 76.3 cm³/mol. The standard InChI is InChI=1S/C14H23N5/c1-17-6-2-3-13(17)12-18-7-9-19(10-8-18)14-11-15-4-5-16-14/h4-5,11,13H,2-3,6-10,12H2,1H3/t13-/m1/s1. The van der Waals surface area contributed by atoms with Crippen LogP contribution in [0.15, 0.2) is 18.6 Å². The summed E-state index contributed by atoms with van der Waals surface area (Å²) in [5.41, 5.74) is 0. The SMILES string of the molecule is CN1CCC[C@@H]1CN1CCN(c2cnccn2)CC1. The second-order valence-electron chi connectivity index (χ2n) is 5.63. The number of aromatic nitrogens is 2. The molecule has 0 unspecified atom stereocenters. The molecule has 5 heteroatoms. The molecule has 0 aromatic carbocycles. The van der Waals surface area contributed by atoms with Gasteiger partial charge in [-0.2, -0.15) is 0 Å². The highest BCUT2D eigenvalue weighted by Gasteiger charge is 2.25. The van der Waals surface area contributed by atoms with Crippen LogP contribution in [0.25, 0.3) is 0 Å². The first-order valence-corrected chi connectivity index (χ1v) is 7.26. The molecule has 2 fully saturated rings. The van der Waals surface area contributed by atoms with Gasteiger partial charge in [-0.25, -0.2) is 4.98 Å². The number of rotatable bonds is 3. The Morgan fingerprint density at radius 1 is 1.16 bits per heavy atom. The summed E-state index contributed by atoms with van der Waals surface area (Å²) in [7, 11) is 2.26. The molecule has 2 aliphatic rings. The van der Waals surface area contributed by atoms with Crippen LogP contribution >= 0.6 is 0 Å². The second kappa shape index (κ2) is 5.84. The summed E-state index contributed by atoms with van der Waals surface area (Å²) in [6, 6.07) is 0.767. The van der Waals surface area contributed by atoms with Crippen LogP contribution < -0.4 is 4.90 Å². The van der Waals surface area contributed by atoms with Crippen molar-refractivity contribution < 1.29 is 0 Å². The Hall–Kier alpha value is -1.20. The molecular formula is C14H23N5. The molecule has 0 aliphatic carbocycles. The molecule has 3 heterocycles. The van der Waals surface area contributed by atoms with Crippen molar-refractivity contribution >= 4 is 5.82 Å². The average Bonchev–Trinajstić information content (AvgIpc) is 2.86. The largest absolute Gasteiger partial charge is 0.353 e. The van der Waals surface area contributed by atoms with E-state index in [1.165, 1.54) is 25.9 Å². The first kappa shape index (κ1) is 12.8. The van der Waals surface area contributed by atoms with E-state index in [0.717, 1.165) is 38.0 Å². The van der Waals surface area contributed by atoms with Crippen molar-refractivity contribution in [1.82, 2.24) is 19.8 Å². The van der Waals surface area contributed by atoms with Gasteiger partial charge in [0, 0.05) is 51.2 Å². The van der Waals surface area contributed by atoms with Crippen LogP contribution in [0.3, 0.4) is 0 Å². The van der Waals surface area contributed by atoms with Crippen molar-refractivity contribution in [1.29, 1.82) is 0 Å². The summed E-state index contributed by atoms with van der Waals surface area (Å²) in [6.07, 6.45) is 8.09. The second-order valence-corrected chi connectivity index (χ2v) is 5.63. The van der Waals surface area contributed by atoms with E-state index in [-0.39, 0.29) is 0 Å². The molecule has 2 aliphatic heterocycles. The van der Waals surface area contributed by atoms with Crippen LogP contribution in [0.4, 0.5) is 5.82 Å². The van der Waals surface area contributed by atoms with Crippen LogP contribution in [0.5, 0.6) is 0 Å². The van der Waals surface area contributed by atoms with Crippen LogP contribution in [-0.4, -0.2) is 72.1 Å². The third kappa shape index (κ3) is 3.04. The highest BCUT2D eigenvalue weighted by molar-refractivity contribution is 5.35. The highest BCUT2D eigenvalue weighted by Crippen LogP contribution is 2.17. The Kier molecular flexibility index (Phi) is 3.94. The molecule has 1 aromatic rings. The van der Waals surface area contributed by atoms with Gasteiger partial charge in [0.15, 0.2) is 0 Å². The van der Waals surface area contributed by atoms with Gasteiger partial charge < -0.3 is 9.80 Å². The van der Waals surface area contributed by atoms with Crippen molar-refractivity contribution in [2.24, 2.45) is 0 Å². The van der Waals surface area contributed by atoms with Crippen LogP contribution in [0, 0.1) is 0 Å². The van der Waals surface area contributed by atoms with Gasteiger partial charge in [-0.3, -0.25) is 9.88 Å². The highest BCUT2D eigenvalue weighted by atomic mass is 15.3. The van der Waals surface area contributed by atoms with Crippen molar-refractivity contribution in [3.05, 3.63) is 18.6 Å². The van der Waals surface area contributed by atoms with Crippen LogP contribution in [-0.2, 0) is 0 Å². The van der Waals surface area contributed by atoms with E-state index in [1.54, 1.807) is 12.4 Å². The number of likely N-dealkylation sites (N-methyl/N-ethyl adjacent to an activating group) is 1. The Morgan fingerprint density at radius 2 is 2.00 bits per heavy atom. The van der Waals surface area contributed by atoms with Gasteiger partial charge in [-0.05, 0) is 26.4 Å². The van der Waals surface area contributed by atoms with Crippen molar-refractivity contribution in [2.75, 3.05) is 51.2 Å². The molecule has 0 amide bonds. The van der Waals surface area contributed by atoms with Crippen LogP contribution in [0.1, 0.15) is 12.8 Å². The zero-order valence-corrected chi connectivity index (χ0v) is 11.7. The number of nitrogens with zero attached hydrogens (tertiary/aromatic N) is 5. The number of likely N-dealkylation sites (tertiary alicyclic amines) is 1. The Bertz CT molecular complexity index is 388. The molecule has 2 saturated heterocycles. The van der Waals surface area contributed by atoms with Gasteiger partial charge >= 0.3 is 0 Å². The van der Waals surface area contributed by atoms with E-state index >= 15 is 0 Å². The molecule has 1 atom stereocenters. The molecule has 3 rings (SSSR count). The minimum absolute atomic E-state index is 0.767. The first-order valence-electron chi connectivity index (χ1n) is 7.26. The summed E-state index contributed by atoms with van der Waals surface area (Å²) in [4.78, 5) is 16.0. The van der Waals surface area contributed by atoms with E-state index in [2.05, 4.69) is 31.7 Å². The molecule has 5 nitrogen and oxygen atoms in total. The fraction of sp³-hybridized carbons (Fsp3) is 0.714. The molecule has 19 heavy (non-hydrogen) atoms. The summed E-state index contributed by atoms with van der Waals surface area (Å²) in [6.45, 7) is 6.90. The molecule has 0 N–H and O–H groups in total. The maximum Gasteiger partial charge on any atom is 0.147 e. The fourth-order valence-electron chi connectivity index (χ4n) is 3.12. The van der Waals surface area contributed by atoms with E-state index in [0.29, 0.717) is 0 Å². The molecule has 0 bridgehead atoms. The van der Waals surface area contributed by atoms with Gasteiger partial charge in [0.05, 0.1) is 6.20 Å². The fourth-order valence-corrected chi connectivity index (χ4v) is 3.12. The minimum atomic E-state index is 0.767. The van der Waals surface area contributed by atoms with Gasteiger partial charge in [0.1, 0.15) is 5.82 Å². The molecule has 1 aromatic heterocycles. The number of piperazine rings is 1. The third-order valence-corrected chi connectivity index (χ3v) is 4.39. The number of hydrogen-bond donors (Lipinski definition) is 0. The van der Waals surface area contributed by atoms with Crippen molar-refractivity contribution in [2.45, 2.75) is 18.9 Å². The van der Waals surface area contributed by atoms with Gasteiger partial charge in [0.2, 0.25) is 0 Å². The number of anilines is 1. The quantitative estimate of drug-likeness (QED) is 0.800. The lowest BCUT2D eigenvalue weighted by Crippen LogP contribution is -2.50. The monoisotopic (exact) mass is 261 g/mol. The topological polar surface area (TPSA) is 35.5 Å². The molecule has 104 valence electrons. The molecule has 0 radical (unpaired) electrons. The maximum absolute atomic E-state index is 4.38. The predicted octanol–water partition coefficient (Wildman–Crippen LogP) is 0.693. The summed E-state index contributed by atoms with van der Waals surface area (Å²) >= 11 is 0. The normalized spacial score (nSPS) is 25.9. The summed E-state index contributed by atoms with van der Waals surface area (Å²) in [5.74, 6) is 1.01. The lowest BCUT2D eigenvalue weighted by atomic mass is 10.2. The lowest BCUT2D eigenvalue weighted by molar-refractivity contribution is 0.185. The smallest absolute Gasteiger partial charge is 0.147 e. The van der Waals surface area contributed by atoms with Crippen molar-refractivity contribution in [3.63, 3.8) is 0 Å². The van der Waals surface area contributed by atoms with Gasteiger partial charge in [0.25, 0.3) is 0 Å². The molecular weight excluding hydrogens is 238 g/mol. The Morgan fingerprint density at radius 3 is 2.63 bits per heavy atom. The number of hydrogen-bond acceptors (Lipinski definition) is 5. The zero-order chi connectivity index (χ0) is 13.1. The van der Waals surface area contributed by atoms with Gasteiger partial charge in [-0.15, -0.1) is 0 Å². The maximum atomic E-state index is 4.38. The van der Waals surface area contributed by atoms with Crippen molar-refractivity contribution in [3.8, 4) is 0 Å². The average molecular weight is 261 g/mol. The zero-order valence-electron chi connectivity index (χ0n) is 11.7. The third-order valence-electron chi connectivity index (χ3n) is 4.39. The molecule has 0 saturated carbocycles. The van der Waals surface area contributed by atoms with E-state index in [4.69, 9.17) is 0 Å². The van der Waals surface area contributed by atoms with E-state index < -0.39 is 0 Å². The lowest BCUT2D eigenvalue weighted by Gasteiger charge is -2.37.